The van der Waals surface area contributed by atoms with E-state index < -0.39 is 0 Å². The normalized spacial score (nSPS) is 9.14. The van der Waals surface area contributed by atoms with Gasteiger partial charge in [-0.25, -0.2) is 0 Å². The molecule has 0 spiro atoms. The van der Waals surface area contributed by atoms with Crippen molar-refractivity contribution >= 4 is 12.3 Å². The van der Waals surface area contributed by atoms with E-state index in [4.69, 9.17) is 0 Å². The first-order valence-corrected chi connectivity index (χ1v) is 4.23. The van der Waals surface area contributed by atoms with E-state index in [0.29, 0.717) is 18.4 Å². The predicted octanol–water partition coefficient (Wildman–Crippen LogP) is 1.30. The van der Waals surface area contributed by atoms with Gasteiger partial charge in [-0.15, -0.1) is 6.58 Å². The van der Waals surface area contributed by atoms with Crippen molar-refractivity contribution < 1.29 is 9.59 Å². The number of imide groups is 1. The largest absolute Gasteiger partial charge is 0.295 e. The third kappa shape index (κ3) is 2.29. The minimum atomic E-state index is -0.377. The van der Waals surface area contributed by atoms with Gasteiger partial charge in [0.25, 0.3) is 5.91 Å². The second-order valence-electron chi connectivity index (χ2n) is 2.74. The molecule has 0 aliphatic rings. The Balaban J connectivity index is 2.99. The van der Waals surface area contributed by atoms with E-state index in [9.17, 15) is 9.59 Å². The number of carbonyl (C=O) groups excluding carboxylic acids is 2. The zero-order valence-electron chi connectivity index (χ0n) is 7.69. The summed E-state index contributed by atoms with van der Waals surface area (Å²) in [6.45, 7) is 3.60. The molecule has 0 aliphatic carbocycles. The van der Waals surface area contributed by atoms with Crippen LogP contribution in [-0.2, 0) is 11.2 Å². The standard InChI is InChI=1S/C11H11NO2/c1-2-5-9-6-3-4-7-10(9)11(14)12-8-13/h2-4,6-8H,1,5H2,(H,12,13,14). The van der Waals surface area contributed by atoms with Crippen molar-refractivity contribution in [3.8, 4) is 0 Å². The van der Waals surface area contributed by atoms with E-state index in [1.54, 1.807) is 18.2 Å². The van der Waals surface area contributed by atoms with Crippen LogP contribution in [0.2, 0.25) is 0 Å². The highest BCUT2D eigenvalue weighted by Crippen LogP contribution is 2.09. The van der Waals surface area contributed by atoms with Crippen LogP contribution in [0.5, 0.6) is 0 Å². The lowest BCUT2D eigenvalue weighted by Gasteiger charge is -2.04. The molecule has 1 N–H and O–H groups in total. The van der Waals surface area contributed by atoms with Gasteiger partial charge in [0.2, 0.25) is 6.41 Å². The second kappa shape index (κ2) is 4.97. The molecule has 0 aliphatic heterocycles. The first kappa shape index (κ1) is 10.2. The SMILES string of the molecule is C=CCc1ccccc1C(=O)NC=O. The summed E-state index contributed by atoms with van der Waals surface area (Å²) in [5.41, 5.74) is 1.38. The molecule has 0 fully saturated rings. The van der Waals surface area contributed by atoms with E-state index in [1.807, 2.05) is 12.1 Å². The second-order valence-corrected chi connectivity index (χ2v) is 2.74. The average Bonchev–Trinajstić information content (AvgIpc) is 2.19. The van der Waals surface area contributed by atoms with Crippen LogP contribution in [0.25, 0.3) is 0 Å². The number of benzene rings is 1. The fraction of sp³-hybridized carbons (Fsp3) is 0.0909. The fourth-order valence-corrected chi connectivity index (χ4v) is 1.21. The van der Waals surface area contributed by atoms with Gasteiger partial charge in [0.05, 0.1) is 0 Å². The topological polar surface area (TPSA) is 46.2 Å². The Morgan fingerprint density at radius 2 is 2.14 bits per heavy atom. The highest BCUT2D eigenvalue weighted by atomic mass is 16.2. The van der Waals surface area contributed by atoms with Crippen molar-refractivity contribution in [3.05, 3.63) is 48.0 Å². The van der Waals surface area contributed by atoms with Crippen molar-refractivity contribution in [1.29, 1.82) is 0 Å². The Bertz CT molecular complexity index is 358. The van der Waals surface area contributed by atoms with Gasteiger partial charge in [-0.2, -0.15) is 0 Å². The van der Waals surface area contributed by atoms with Crippen molar-refractivity contribution in [3.63, 3.8) is 0 Å². The molecule has 14 heavy (non-hydrogen) atoms. The summed E-state index contributed by atoms with van der Waals surface area (Å²) < 4.78 is 0. The highest BCUT2D eigenvalue weighted by Gasteiger charge is 2.07. The summed E-state index contributed by atoms with van der Waals surface area (Å²) >= 11 is 0. The fourth-order valence-electron chi connectivity index (χ4n) is 1.21. The van der Waals surface area contributed by atoms with Crippen LogP contribution in [0.4, 0.5) is 0 Å². The minimum Gasteiger partial charge on any atom is -0.295 e. The monoisotopic (exact) mass is 189 g/mol. The predicted molar refractivity (Wildman–Crippen MR) is 53.9 cm³/mol. The molecule has 0 aromatic heterocycles. The third-order valence-electron chi connectivity index (χ3n) is 1.82. The maximum atomic E-state index is 11.4. The number of amides is 2. The van der Waals surface area contributed by atoms with Crippen molar-refractivity contribution in [1.82, 2.24) is 5.32 Å². The number of allylic oxidation sites excluding steroid dienone is 1. The van der Waals surface area contributed by atoms with Crippen LogP contribution in [0.1, 0.15) is 15.9 Å². The number of hydrogen-bond donors (Lipinski definition) is 1. The number of carbonyl (C=O) groups is 2. The van der Waals surface area contributed by atoms with Crippen LogP contribution >= 0.6 is 0 Å². The molecule has 2 amide bonds. The van der Waals surface area contributed by atoms with Gasteiger partial charge in [-0.3, -0.25) is 14.9 Å². The summed E-state index contributed by atoms with van der Waals surface area (Å²) in [6, 6.07) is 7.11. The van der Waals surface area contributed by atoms with E-state index in [2.05, 4.69) is 11.9 Å². The molecular formula is C11H11NO2. The Morgan fingerprint density at radius 3 is 2.79 bits per heavy atom. The Hall–Kier alpha value is -1.90. The van der Waals surface area contributed by atoms with Gasteiger partial charge in [0.15, 0.2) is 0 Å². The smallest absolute Gasteiger partial charge is 0.257 e. The van der Waals surface area contributed by atoms with Gasteiger partial charge in [0, 0.05) is 5.56 Å². The van der Waals surface area contributed by atoms with Crippen molar-refractivity contribution in [2.24, 2.45) is 0 Å². The molecule has 0 saturated carbocycles. The lowest BCUT2D eigenvalue weighted by Crippen LogP contribution is -2.22. The highest BCUT2D eigenvalue weighted by molar-refractivity contribution is 6.00. The van der Waals surface area contributed by atoms with Gasteiger partial charge in [-0.1, -0.05) is 24.3 Å². The first-order valence-electron chi connectivity index (χ1n) is 4.23. The van der Waals surface area contributed by atoms with Crippen LogP contribution in [-0.4, -0.2) is 12.3 Å². The van der Waals surface area contributed by atoms with Crippen LogP contribution in [0.15, 0.2) is 36.9 Å². The summed E-state index contributed by atoms with van der Waals surface area (Å²) in [4.78, 5) is 21.5. The van der Waals surface area contributed by atoms with Crippen LogP contribution in [0, 0.1) is 0 Å². The molecule has 0 radical (unpaired) electrons. The van der Waals surface area contributed by atoms with Gasteiger partial charge in [-0.05, 0) is 18.1 Å². The van der Waals surface area contributed by atoms with E-state index >= 15 is 0 Å². The molecule has 0 bridgehead atoms. The Labute approximate surface area is 82.4 Å². The molecule has 1 rings (SSSR count). The molecule has 1 aromatic carbocycles. The van der Waals surface area contributed by atoms with E-state index in [1.165, 1.54) is 0 Å². The van der Waals surface area contributed by atoms with Crippen LogP contribution < -0.4 is 5.32 Å². The molecule has 0 unspecified atom stereocenters. The molecule has 3 heteroatoms. The summed E-state index contributed by atoms with van der Waals surface area (Å²) in [7, 11) is 0. The molecule has 72 valence electrons. The molecule has 0 saturated heterocycles. The van der Waals surface area contributed by atoms with Gasteiger partial charge >= 0.3 is 0 Å². The van der Waals surface area contributed by atoms with E-state index in [-0.39, 0.29) is 5.91 Å². The zero-order valence-corrected chi connectivity index (χ0v) is 7.69. The summed E-state index contributed by atoms with van der Waals surface area (Å²) in [6.07, 6.45) is 2.71. The first-order chi connectivity index (χ1) is 6.79. The number of rotatable bonds is 4. The molecule has 0 atom stereocenters. The Kier molecular flexibility index (Phi) is 3.61. The number of hydrogen-bond acceptors (Lipinski definition) is 2. The Morgan fingerprint density at radius 1 is 1.43 bits per heavy atom. The average molecular weight is 189 g/mol. The van der Waals surface area contributed by atoms with Crippen molar-refractivity contribution in [2.75, 3.05) is 0 Å². The molecule has 0 heterocycles. The third-order valence-corrected chi connectivity index (χ3v) is 1.82. The zero-order chi connectivity index (χ0) is 10.4. The molecule has 3 nitrogen and oxygen atoms in total. The van der Waals surface area contributed by atoms with E-state index in [0.717, 1.165) is 5.56 Å². The minimum absolute atomic E-state index is 0.377. The lowest BCUT2D eigenvalue weighted by atomic mass is 10.0. The van der Waals surface area contributed by atoms with Gasteiger partial charge < -0.3 is 0 Å². The van der Waals surface area contributed by atoms with Crippen molar-refractivity contribution in [2.45, 2.75) is 6.42 Å². The molecule has 1 aromatic rings. The molecular weight excluding hydrogens is 178 g/mol. The summed E-state index contributed by atoms with van der Waals surface area (Å²) in [5.74, 6) is -0.377. The maximum Gasteiger partial charge on any atom is 0.257 e. The summed E-state index contributed by atoms with van der Waals surface area (Å²) in [5, 5.41) is 2.11. The lowest BCUT2D eigenvalue weighted by molar-refractivity contribution is -0.108. The quantitative estimate of drug-likeness (QED) is 0.573. The van der Waals surface area contributed by atoms with Gasteiger partial charge in [0.1, 0.15) is 0 Å². The maximum absolute atomic E-state index is 11.4. The number of nitrogens with one attached hydrogen (secondary N) is 1. The van der Waals surface area contributed by atoms with Crippen LogP contribution in [0.3, 0.4) is 0 Å².